The number of Topliss-reactive ketones (excluding diaryl/α,β-unsaturated/α-hetero) is 3. The fourth-order valence-corrected chi connectivity index (χ4v) is 15.6. The topological polar surface area (TPSA) is 194 Å². The van der Waals surface area contributed by atoms with Crippen molar-refractivity contribution in [1.29, 1.82) is 0 Å². The summed E-state index contributed by atoms with van der Waals surface area (Å²) in [6.45, 7) is 11.7. The molecule has 1 N–H and O–H groups in total. The molecule has 3 saturated heterocycles. The number of halogens is 12. The quantitative estimate of drug-likeness (QED) is 0.0515. The predicted octanol–water partition coefficient (Wildman–Crippen LogP) is 12.6. The molecule has 6 aromatic rings. The summed E-state index contributed by atoms with van der Waals surface area (Å²) in [6.07, 6.45) is -16.3. The van der Waals surface area contributed by atoms with Gasteiger partial charge in [-0.25, -0.2) is 0 Å². The van der Waals surface area contributed by atoms with Gasteiger partial charge in [0.1, 0.15) is 6.61 Å². The molecular weight excluding hydrogens is 1440 g/mol. The maximum Gasteiger partial charge on any atom is 0.522 e. The van der Waals surface area contributed by atoms with E-state index in [-0.39, 0.29) is 89.8 Å². The van der Waals surface area contributed by atoms with Crippen LogP contribution in [0.25, 0.3) is 0 Å². The van der Waals surface area contributed by atoms with Gasteiger partial charge in [-0.05, 0) is 164 Å². The van der Waals surface area contributed by atoms with E-state index in [1.165, 1.54) is 46.6 Å². The lowest BCUT2D eigenvalue weighted by molar-refractivity contribution is -0.325. The molecule has 12 rings (SSSR count). The molecule has 20 nitrogen and oxygen atoms in total. The van der Waals surface area contributed by atoms with Crippen LogP contribution in [0, 0.1) is 5.92 Å². The van der Waals surface area contributed by atoms with E-state index in [0.717, 1.165) is 42.9 Å². The Labute approximate surface area is 617 Å². The smallest absolute Gasteiger partial charge is 0.493 e. The molecule has 3 fully saturated rings. The second kappa shape index (κ2) is 32.2. The van der Waals surface area contributed by atoms with E-state index in [2.05, 4.69) is 37.1 Å². The summed E-state index contributed by atoms with van der Waals surface area (Å²) in [6, 6.07) is 27.8. The van der Waals surface area contributed by atoms with Gasteiger partial charge in [-0.2, -0.15) is 39.5 Å². The molecule has 9 heterocycles. The Balaban J connectivity index is 0.000000173. The predicted molar refractivity (Wildman–Crippen MR) is 371 cm³/mol. The molecule has 3 amide bonds. The lowest BCUT2D eigenvalue weighted by Gasteiger charge is -2.50. The van der Waals surface area contributed by atoms with Gasteiger partial charge >= 0.3 is 24.9 Å². The highest BCUT2D eigenvalue weighted by atomic mass is 19.4. The third-order valence-electron chi connectivity index (χ3n) is 21.8. The SMILES string of the molecule is CC(C)C(=O)c1ccc2n1CCN(C)C21CCN(C(=O)c2ccc(COCCC(F)(F)F)cc2)CC1.CN1CCn2c(C(=O)C(F)(F)F)ccc2C12CCN(C(=O)c1ccc(C(C)(C)O)cc1)CC2.COc1cc(C(=O)N2CCC3(CC2)c2ccc(C(=O)C(F)(F)F)n2CCN3C)ccc1OCCOC(F)(F)F. The van der Waals surface area contributed by atoms with Crippen molar-refractivity contribution in [3.63, 3.8) is 0 Å². The van der Waals surface area contributed by atoms with Gasteiger partial charge in [-0.1, -0.05) is 38.1 Å². The fraction of sp³-hybridized carbons (Fsp3) is 0.526. The van der Waals surface area contributed by atoms with Gasteiger partial charge in [0.2, 0.25) is 0 Å². The van der Waals surface area contributed by atoms with E-state index in [0.29, 0.717) is 113 Å². The molecule has 0 bridgehead atoms. The molecule has 0 aliphatic carbocycles. The van der Waals surface area contributed by atoms with Crippen molar-refractivity contribution >= 4 is 35.1 Å². The summed E-state index contributed by atoms with van der Waals surface area (Å²) in [5, 5.41) is 10.1. The van der Waals surface area contributed by atoms with Crippen LogP contribution in [0.1, 0.15) is 163 Å². The number of rotatable bonds is 17. The Morgan fingerprint density at radius 2 is 0.843 bits per heavy atom. The van der Waals surface area contributed by atoms with Crippen molar-refractivity contribution < 1.29 is 106 Å². The monoisotopic (exact) mass is 1530 g/mol. The third kappa shape index (κ3) is 17.7. The van der Waals surface area contributed by atoms with Crippen molar-refractivity contribution in [2.45, 2.75) is 146 Å². The van der Waals surface area contributed by atoms with Crippen molar-refractivity contribution in [1.82, 2.24) is 43.1 Å². The van der Waals surface area contributed by atoms with Crippen LogP contribution in [0.4, 0.5) is 52.7 Å². The van der Waals surface area contributed by atoms with Gasteiger partial charge in [0, 0.05) is 118 Å². The molecule has 3 spiro atoms. The van der Waals surface area contributed by atoms with Crippen LogP contribution in [-0.2, 0) is 57.9 Å². The summed E-state index contributed by atoms with van der Waals surface area (Å²) >= 11 is 0. The summed E-state index contributed by atoms with van der Waals surface area (Å²) < 4.78 is 176. The molecule has 3 aromatic carbocycles. The number of likely N-dealkylation sites (tertiary alicyclic amines) is 3. The summed E-state index contributed by atoms with van der Waals surface area (Å²) in [4.78, 5) is 87.8. The summed E-state index contributed by atoms with van der Waals surface area (Å²) in [7, 11) is 7.27. The zero-order valence-corrected chi connectivity index (χ0v) is 61.2. The number of hydrogen-bond donors (Lipinski definition) is 1. The molecule has 0 atom stereocenters. The van der Waals surface area contributed by atoms with Crippen molar-refractivity contribution in [2.75, 3.05) is 107 Å². The average Bonchev–Trinajstić information content (AvgIpc) is 1.53. The van der Waals surface area contributed by atoms with Gasteiger partial charge in [0.15, 0.2) is 17.3 Å². The maximum atomic E-state index is 13.2. The minimum absolute atomic E-state index is 0.0566. The highest BCUT2D eigenvalue weighted by Crippen LogP contribution is 2.46. The van der Waals surface area contributed by atoms with Gasteiger partial charge in [-0.3, -0.25) is 48.2 Å². The Kier molecular flexibility index (Phi) is 24.4. The Bertz CT molecular complexity index is 4210. The van der Waals surface area contributed by atoms with Crippen LogP contribution in [0.2, 0.25) is 0 Å². The van der Waals surface area contributed by atoms with Crippen LogP contribution >= 0.6 is 0 Å². The van der Waals surface area contributed by atoms with Crippen LogP contribution in [0.15, 0.2) is 103 Å². The fourth-order valence-electron chi connectivity index (χ4n) is 15.6. The number of nitrogens with zero attached hydrogens (tertiary/aromatic N) is 9. The number of ether oxygens (including phenoxy) is 4. The largest absolute Gasteiger partial charge is 0.522 e. The number of likely N-dealkylation sites (N-methyl/N-ethyl adjacent to an activating group) is 3. The van der Waals surface area contributed by atoms with Gasteiger partial charge in [0.05, 0.1) is 72.7 Å². The minimum Gasteiger partial charge on any atom is -0.493 e. The Hall–Kier alpha value is -8.56. The first kappa shape index (κ1) is 81.9. The molecule has 6 aliphatic rings. The van der Waals surface area contributed by atoms with E-state index in [1.807, 2.05) is 38.9 Å². The second-order valence-electron chi connectivity index (χ2n) is 28.9. The average molecular weight is 1530 g/mol. The van der Waals surface area contributed by atoms with Crippen LogP contribution < -0.4 is 9.47 Å². The van der Waals surface area contributed by atoms with Gasteiger partial charge in [-0.15, -0.1) is 13.2 Å². The number of fused-ring (bicyclic) bond motifs is 6. The van der Waals surface area contributed by atoms with Gasteiger partial charge < -0.3 is 47.7 Å². The maximum absolute atomic E-state index is 13.2. The van der Waals surface area contributed by atoms with Gasteiger partial charge in [0.25, 0.3) is 29.3 Å². The standard InChI is InChI=1S/C27H34F3N3O3.C25H27F6N3O5.C24H28F3N3O3/c1-19(2)24(34)22-8-9-23-26(31(3)15-16-33(22)23)10-13-32(14-11-26)25(35)21-6-4-20(5-7-21)18-36-17-12-27(28,29)30;1-32-11-12-34-17(21(35)24(26,27)28)4-6-20(34)23(32)7-9-33(10-8-23)22(36)16-3-5-18(19(15-16)37-2)38-13-14-39-25(29,30)31;1-22(2,33)17-6-4-16(5-7-17)21(32)29-12-10-23(11-13-29)19-9-8-18(20(31)24(25,26)27)30(19)15-14-28(23)3/h4-9,19H,10-18H2,1-3H3;3-6,15H,7-14H2,1-2H3;4-9,33H,10-15H2,1-3H3. The highest BCUT2D eigenvalue weighted by Gasteiger charge is 2.51. The number of alkyl halides is 12. The van der Waals surface area contributed by atoms with E-state index in [1.54, 1.807) is 84.3 Å². The Morgan fingerprint density at radius 3 is 1.21 bits per heavy atom. The van der Waals surface area contributed by atoms with E-state index in [4.69, 9.17) is 14.2 Å². The highest BCUT2D eigenvalue weighted by molar-refractivity contribution is 6.00. The number of carbonyl (C=O) groups is 6. The molecule has 3 aromatic heterocycles. The number of piperidine rings is 3. The number of hydrogen-bond acceptors (Lipinski definition) is 14. The first-order chi connectivity index (χ1) is 50.6. The van der Waals surface area contributed by atoms with E-state index < -0.39 is 66.2 Å². The number of ketones is 3. The molecule has 0 radical (unpaired) electrons. The summed E-state index contributed by atoms with van der Waals surface area (Å²) in [5.74, 6) is -3.78. The number of methoxy groups -OCH3 is 1. The number of benzene rings is 3. The minimum atomic E-state index is -4.97. The number of carbonyl (C=O) groups excluding carboxylic acids is 6. The zero-order valence-electron chi connectivity index (χ0n) is 61.2. The molecule has 6 aliphatic heterocycles. The Morgan fingerprint density at radius 1 is 0.463 bits per heavy atom. The number of aromatic nitrogens is 3. The lowest BCUT2D eigenvalue weighted by atomic mass is 9.81. The van der Waals surface area contributed by atoms with Crippen LogP contribution in [0.5, 0.6) is 11.5 Å². The number of amides is 3. The molecule has 0 saturated carbocycles. The molecule has 588 valence electrons. The van der Waals surface area contributed by atoms with Crippen molar-refractivity contribution in [3.05, 3.63) is 165 Å². The molecule has 32 heteroatoms. The normalized spacial score (nSPS) is 18.2. The van der Waals surface area contributed by atoms with E-state index >= 15 is 0 Å². The summed E-state index contributed by atoms with van der Waals surface area (Å²) in [5.41, 5.74) is 2.97. The van der Waals surface area contributed by atoms with Crippen molar-refractivity contribution in [2.24, 2.45) is 5.92 Å². The lowest BCUT2D eigenvalue weighted by Crippen LogP contribution is -2.56. The molecule has 108 heavy (non-hydrogen) atoms. The van der Waals surface area contributed by atoms with E-state index in [9.17, 15) is 86.6 Å². The molecule has 0 unspecified atom stereocenters. The van der Waals surface area contributed by atoms with Crippen LogP contribution in [-0.4, -0.2) is 215 Å². The number of aliphatic hydroxyl groups is 1. The second-order valence-corrected chi connectivity index (χ2v) is 28.9. The van der Waals surface area contributed by atoms with Crippen LogP contribution in [0.3, 0.4) is 0 Å². The van der Waals surface area contributed by atoms with Crippen molar-refractivity contribution in [3.8, 4) is 11.5 Å². The zero-order chi connectivity index (χ0) is 78.9. The first-order valence-electron chi connectivity index (χ1n) is 35.6. The third-order valence-corrected chi connectivity index (χ3v) is 21.8. The first-order valence-corrected chi connectivity index (χ1v) is 35.6. The molecular formula is C76H89F12N9O11.